The molecule has 5 nitrogen and oxygen atoms in total. The predicted octanol–water partition coefficient (Wildman–Crippen LogP) is 6.93. The zero-order valence-corrected chi connectivity index (χ0v) is 22.0. The Kier molecular flexibility index (Phi) is 7.53. The number of rotatable bonds is 6. The third-order valence-corrected chi connectivity index (χ3v) is 9.28. The Morgan fingerprint density at radius 3 is 2.42 bits per heavy atom. The largest absolute Gasteiger partial charge is 0.489 e. The third kappa shape index (κ3) is 4.85. The SMILES string of the molecule is CC[C@H]1CC[C@@H](Oc2ccc3ccc(C(C)N4C5CCCC4CC(C(=O)OC)C5)cc3c2C#N)CC1. The number of carbonyl (C=O) groups excluding carboxylic acids is 1. The number of piperidine rings is 2. The van der Waals surface area contributed by atoms with Crippen LogP contribution in [0.3, 0.4) is 0 Å². The Hall–Kier alpha value is -2.58. The quantitative estimate of drug-likeness (QED) is 0.413. The Bertz CT molecular complexity index is 1120. The van der Waals surface area contributed by atoms with Gasteiger partial charge in [-0.25, -0.2) is 0 Å². The number of nitriles is 1. The van der Waals surface area contributed by atoms with Crippen LogP contribution in [0.1, 0.15) is 95.2 Å². The van der Waals surface area contributed by atoms with E-state index in [9.17, 15) is 10.1 Å². The fourth-order valence-corrected chi connectivity index (χ4v) is 7.21. The lowest BCUT2D eigenvalue weighted by atomic mass is 9.77. The number of hydrogen-bond donors (Lipinski definition) is 0. The summed E-state index contributed by atoms with van der Waals surface area (Å²) in [6.07, 6.45) is 11.3. The summed E-state index contributed by atoms with van der Waals surface area (Å²) in [5.41, 5.74) is 1.89. The summed E-state index contributed by atoms with van der Waals surface area (Å²) in [6, 6.07) is 14.1. The predicted molar refractivity (Wildman–Crippen MR) is 142 cm³/mol. The molecular weight excluding hydrogens is 448 g/mol. The summed E-state index contributed by atoms with van der Waals surface area (Å²) >= 11 is 0. The maximum absolute atomic E-state index is 12.3. The molecule has 2 saturated heterocycles. The molecule has 2 aromatic rings. The fourth-order valence-electron chi connectivity index (χ4n) is 7.21. The Morgan fingerprint density at radius 2 is 1.78 bits per heavy atom. The first-order valence-electron chi connectivity index (χ1n) is 14.0. The van der Waals surface area contributed by atoms with Crippen LogP contribution in [0.5, 0.6) is 5.75 Å². The minimum atomic E-state index is -0.0562. The van der Waals surface area contributed by atoms with Gasteiger partial charge in [0.25, 0.3) is 0 Å². The van der Waals surface area contributed by atoms with E-state index in [0.29, 0.717) is 17.6 Å². The van der Waals surface area contributed by atoms with E-state index < -0.39 is 0 Å². The summed E-state index contributed by atoms with van der Waals surface area (Å²) < 4.78 is 11.5. The third-order valence-electron chi connectivity index (χ3n) is 9.28. The molecular formula is C31H40N2O3. The zero-order chi connectivity index (χ0) is 25.2. The van der Waals surface area contributed by atoms with E-state index in [2.05, 4.69) is 49.1 Å². The van der Waals surface area contributed by atoms with Gasteiger partial charge in [-0.2, -0.15) is 5.26 Å². The molecule has 2 aliphatic heterocycles. The second-order valence-corrected chi connectivity index (χ2v) is 11.3. The van der Waals surface area contributed by atoms with Gasteiger partial charge in [0.05, 0.1) is 19.1 Å². The molecule has 36 heavy (non-hydrogen) atoms. The lowest BCUT2D eigenvalue weighted by Crippen LogP contribution is -2.54. The van der Waals surface area contributed by atoms with E-state index in [1.54, 1.807) is 0 Å². The number of carbonyl (C=O) groups is 1. The van der Waals surface area contributed by atoms with Crippen molar-refractivity contribution in [2.75, 3.05) is 7.11 Å². The number of esters is 1. The lowest BCUT2D eigenvalue weighted by Gasteiger charge is -2.51. The maximum atomic E-state index is 12.3. The molecule has 0 N–H and O–H groups in total. The summed E-state index contributed by atoms with van der Waals surface area (Å²) in [5.74, 6) is 1.51. The lowest BCUT2D eigenvalue weighted by molar-refractivity contribution is -0.150. The molecule has 3 fully saturated rings. The van der Waals surface area contributed by atoms with E-state index in [1.807, 2.05) is 6.07 Å². The van der Waals surface area contributed by atoms with E-state index >= 15 is 0 Å². The highest BCUT2D eigenvalue weighted by Crippen LogP contribution is 2.43. The van der Waals surface area contributed by atoms with E-state index in [0.717, 1.165) is 61.0 Å². The van der Waals surface area contributed by atoms with Gasteiger partial charge in [0, 0.05) is 23.5 Å². The second-order valence-electron chi connectivity index (χ2n) is 11.3. The van der Waals surface area contributed by atoms with E-state index in [1.165, 1.54) is 38.4 Å². The van der Waals surface area contributed by atoms with Crippen molar-refractivity contribution in [2.24, 2.45) is 11.8 Å². The summed E-state index contributed by atoms with van der Waals surface area (Å²) in [4.78, 5) is 14.9. The molecule has 0 amide bonds. The number of benzene rings is 2. The van der Waals surface area contributed by atoms with Crippen molar-refractivity contribution < 1.29 is 14.3 Å². The molecule has 0 radical (unpaired) electrons. The number of ether oxygens (including phenoxy) is 2. The first kappa shape index (κ1) is 25.1. The minimum absolute atomic E-state index is 0.0163. The Morgan fingerprint density at radius 1 is 1.08 bits per heavy atom. The summed E-state index contributed by atoms with van der Waals surface area (Å²) in [6.45, 7) is 4.56. The highest BCUT2D eigenvalue weighted by atomic mass is 16.5. The first-order valence-corrected chi connectivity index (χ1v) is 14.0. The molecule has 5 rings (SSSR count). The number of nitrogens with zero attached hydrogens (tertiary/aromatic N) is 2. The van der Waals surface area contributed by atoms with Crippen LogP contribution in [0.25, 0.3) is 10.8 Å². The van der Waals surface area contributed by atoms with Crippen molar-refractivity contribution in [2.45, 2.75) is 102 Å². The second kappa shape index (κ2) is 10.8. The van der Waals surface area contributed by atoms with Crippen LogP contribution < -0.4 is 4.74 Å². The molecule has 0 spiro atoms. The molecule has 3 aliphatic rings. The van der Waals surface area contributed by atoms with Crippen LogP contribution in [-0.4, -0.2) is 36.2 Å². The van der Waals surface area contributed by atoms with E-state index in [4.69, 9.17) is 9.47 Å². The van der Waals surface area contributed by atoms with Crippen LogP contribution in [0, 0.1) is 23.2 Å². The van der Waals surface area contributed by atoms with E-state index in [-0.39, 0.29) is 24.0 Å². The Balaban J connectivity index is 1.39. The van der Waals surface area contributed by atoms with Gasteiger partial charge in [-0.05, 0) is 87.3 Å². The van der Waals surface area contributed by atoms with Crippen molar-refractivity contribution in [3.8, 4) is 11.8 Å². The smallest absolute Gasteiger partial charge is 0.308 e. The van der Waals surface area contributed by atoms with Gasteiger partial charge < -0.3 is 9.47 Å². The molecule has 192 valence electrons. The highest BCUT2D eigenvalue weighted by molar-refractivity contribution is 5.90. The van der Waals surface area contributed by atoms with Gasteiger partial charge in [-0.3, -0.25) is 9.69 Å². The van der Waals surface area contributed by atoms with Crippen LogP contribution in [-0.2, 0) is 9.53 Å². The molecule has 2 bridgehead atoms. The fraction of sp³-hybridized carbons (Fsp3) is 0.613. The number of fused-ring (bicyclic) bond motifs is 3. The maximum Gasteiger partial charge on any atom is 0.308 e. The highest BCUT2D eigenvalue weighted by Gasteiger charge is 2.43. The first-order chi connectivity index (χ1) is 17.5. The molecule has 1 aliphatic carbocycles. The summed E-state index contributed by atoms with van der Waals surface area (Å²) in [7, 11) is 1.50. The molecule has 2 aromatic carbocycles. The van der Waals surface area contributed by atoms with Crippen LogP contribution in [0.15, 0.2) is 30.3 Å². The van der Waals surface area contributed by atoms with Crippen LogP contribution >= 0.6 is 0 Å². The van der Waals surface area contributed by atoms with Crippen LogP contribution in [0.2, 0.25) is 0 Å². The standard InChI is InChI=1S/C31H40N2O3/c1-4-21-8-13-27(14-9-21)36-30-15-12-22-10-11-23(18-28(22)29(30)19-32)20(2)33-25-6-5-7-26(33)17-24(16-25)31(34)35-3/h10-12,15,18,20-21,24-27H,4-9,13-14,16-17H2,1-3H3/t20?,21-,24?,25?,26?,27+. The average molecular weight is 489 g/mol. The Labute approximate surface area is 215 Å². The average Bonchev–Trinajstić information content (AvgIpc) is 2.91. The number of hydrogen-bond acceptors (Lipinski definition) is 5. The van der Waals surface area contributed by atoms with Gasteiger partial charge >= 0.3 is 5.97 Å². The van der Waals surface area contributed by atoms with Gasteiger partial charge in [-0.1, -0.05) is 38.0 Å². The molecule has 3 unspecified atom stereocenters. The number of methoxy groups -OCH3 is 1. The monoisotopic (exact) mass is 488 g/mol. The van der Waals surface area contributed by atoms with Gasteiger partial charge in [0.1, 0.15) is 17.4 Å². The van der Waals surface area contributed by atoms with Gasteiger partial charge in [0.15, 0.2) is 0 Å². The van der Waals surface area contributed by atoms with Crippen molar-refractivity contribution in [3.63, 3.8) is 0 Å². The summed E-state index contributed by atoms with van der Waals surface area (Å²) in [5, 5.41) is 12.2. The van der Waals surface area contributed by atoms with Crippen molar-refractivity contribution >= 4 is 16.7 Å². The van der Waals surface area contributed by atoms with Crippen molar-refractivity contribution in [1.29, 1.82) is 5.26 Å². The van der Waals surface area contributed by atoms with Crippen molar-refractivity contribution in [3.05, 3.63) is 41.5 Å². The minimum Gasteiger partial charge on any atom is -0.489 e. The topological polar surface area (TPSA) is 62.6 Å². The normalized spacial score (nSPS) is 29.3. The van der Waals surface area contributed by atoms with Gasteiger partial charge in [-0.15, -0.1) is 0 Å². The van der Waals surface area contributed by atoms with Crippen LogP contribution in [0.4, 0.5) is 0 Å². The molecule has 5 heteroatoms. The molecule has 0 aromatic heterocycles. The van der Waals surface area contributed by atoms with Gasteiger partial charge in [0.2, 0.25) is 0 Å². The molecule has 1 saturated carbocycles. The molecule has 3 atom stereocenters. The zero-order valence-electron chi connectivity index (χ0n) is 22.0. The molecule has 2 heterocycles. The van der Waals surface area contributed by atoms with Crippen molar-refractivity contribution in [1.82, 2.24) is 4.90 Å².